The topological polar surface area (TPSA) is 51.1 Å². The standard InChI is InChI=1S/C12H18N2O2/c1-4-5-13-12(16)7-14-9(2)6-11(8-15)10(14)3/h6,8H,4-5,7H2,1-3H3,(H,13,16). The number of aldehydes is 1. The van der Waals surface area contributed by atoms with Crippen molar-refractivity contribution in [3.63, 3.8) is 0 Å². The fourth-order valence-electron chi connectivity index (χ4n) is 1.65. The van der Waals surface area contributed by atoms with Gasteiger partial charge in [0.1, 0.15) is 6.54 Å². The molecule has 16 heavy (non-hydrogen) atoms. The van der Waals surface area contributed by atoms with Gasteiger partial charge in [0.15, 0.2) is 6.29 Å². The van der Waals surface area contributed by atoms with Crippen LogP contribution in [-0.4, -0.2) is 23.3 Å². The molecule has 0 aliphatic rings. The van der Waals surface area contributed by atoms with Crippen molar-refractivity contribution in [1.82, 2.24) is 9.88 Å². The molecule has 0 atom stereocenters. The molecule has 0 aromatic carbocycles. The average Bonchev–Trinajstić information content (AvgIpc) is 2.53. The molecular formula is C12H18N2O2. The average molecular weight is 222 g/mol. The van der Waals surface area contributed by atoms with Crippen LogP contribution >= 0.6 is 0 Å². The number of carbonyl (C=O) groups is 2. The van der Waals surface area contributed by atoms with Crippen LogP contribution in [0.4, 0.5) is 0 Å². The number of aryl methyl sites for hydroxylation is 1. The van der Waals surface area contributed by atoms with Gasteiger partial charge in [-0.2, -0.15) is 0 Å². The maximum atomic E-state index is 11.6. The molecule has 0 spiro atoms. The Labute approximate surface area is 95.6 Å². The second-order valence-corrected chi connectivity index (χ2v) is 3.88. The van der Waals surface area contributed by atoms with Crippen LogP contribution in [0.15, 0.2) is 6.07 Å². The minimum absolute atomic E-state index is 0.0129. The van der Waals surface area contributed by atoms with Gasteiger partial charge in [-0.25, -0.2) is 0 Å². The Hall–Kier alpha value is -1.58. The molecule has 1 rings (SSSR count). The molecule has 1 amide bonds. The first-order valence-electron chi connectivity index (χ1n) is 5.48. The Balaban J connectivity index is 2.77. The Kier molecular flexibility index (Phi) is 4.28. The van der Waals surface area contributed by atoms with Crippen molar-refractivity contribution < 1.29 is 9.59 Å². The minimum atomic E-state index is -0.0129. The van der Waals surface area contributed by atoms with Crippen LogP contribution in [-0.2, 0) is 11.3 Å². The predicted molar refractivity (Wildman–Crippen MR) is 62.6 cm³/mol. The number of amides is 1. The first-order chi connectivity index (χ1) is 7.60. The molecule has 88 valence electrons. The fourth-order valence-corrected chi connectivity index (χ4v) is 1.65. The number of carbonyl (C=O) groups excluding carboxylic acids is 2. The third-order valence-corrected chi connectivity index (χ3v) is 2.61. The molecule has 0 aliphatic heterocycles. The van der Waals surface area contributed by atoms with Crippen LogP contribution in [0.5, 0.6) is 0 Å². The molecule has 0 radical (unpaired) electrons. The van der Waals surface area contributed by atoms with Crippen molar-refractivity contribution >= 4 is 12.2 Å². The Bertz CT molecular complexity index is 394. The predicted octanol–water partition coefficient (Wildman–Crippen LogP) is 1.44. The van der Waals surface area contributed by atoms with Gasteiger partial charge in [-0.05, 0) is 26.3 Å². The second-order valence-electron chi connectivity index (χ2n) is 3.88. The van der Waals surface area contributed by atoms with Gasteiger partial charge in [0.25, 0.3) is 0 Å². The van der Waals surface area contributed by atoms with E-state index in [2.05, 4.69) is 5.32 Å². The third-order valence-electron chi connectivity index (χ3n) is 2.61. The molecule has 0 saturated carbocycles. The molecule has 0 aliphatic carbocycles. The maximum Gasteiger partial charge on any atom is 0.239 e. The van der Waals surface area contributed by atoms with Gasteiger partial charge in [0.2, 0.25) is 5.91 Å². The highest BCUT2D eigenvalue weighted by molar-refractivity contribution is 5.79. The van der Waals surface area contributed by atoms with Gasteiger partial charge in [-0.3, -0.25) is 9.59 Å². The summed E-state index contributed by atoms with van der Waals surface area (Å²) in [5, 5.41) is 2.81. The molecule has 4 heteroatoms. The van der Waals surface area contributed by atoms with Crippen LogP contribution in [0.1, 0.15) is 35.1 Å². The lowest BCUT2D eigenvalue weighted by atomic mass is 10.3. The van der Waals surface area contributed by atoms with Crippen LogP contribution < -0.4 is 5.32 Å². The molecular weight excluding hydrogens is 204 g/mol. The molecule has 0 fully saturated rings. The van der Waals surface area contributed by atoms with Gasteiger partial charge in [-0.15, -0.1) is 0 Å². The fraction of sp³-hybridized carbons (Fsp3) is 0.500. The number of rotatable bonds is 5. The van der Waals surface area contributed by atoms with Crippen molar-refractivity contribution in [3.8, 4) is 0 Å². The van der Waals surface area contributed by atoms with E-state index < -0.39 is 0 Å². The summed E-state index contributed by atoms with van der Waals surface area (Å²) in [5.74, 6) is -0.0129. The maximum absolute atomic E-state index is 11.6. The zero-order valence-corrected chi connectivity index (χ0v) is 10.0. The summed E-state index contributed by atoms with van der Waals surface area (Å²) in [7, 11) is 0. The summed E-state index contributed by atoms with van der Waals surface area (Å²) in [5.41, 5.74) is 2.44. The molecule has 1 aromatic heterocycles. The lowest BCUT2D eigenvalue weighted by molar-refractivity contribution is -0.121. The van der Waals surface area contributed by atoms with E-state index in [-0.39, 0.29) is 12.5 Å². The highest BCUT2D eigenvalue weighted by Gasteiger charge is 2.10. The van der Waals surface area contributed by atoms with E-state index in [1.807, 2.05) is 25.3 Å². The molecule has 4 nitrogen and oxygen atoms in total. The number of hydrogen-bond acceptors (Lipinski definition) is 2. The number of nitrogens with one attached hydrogen (secondary N) is 1. The normalized spacial score (nSPS) is 10.2. The van der Waals surface area contributed by atoms with Gasteiger partial charge in [0.05, 0.1) is 0 Å². The highest BCUT2D eigenvalue weighted by atomic mass is 16.2. The summed E-state index contributed by atoms with van der Waals surface area (Å²) >= 11 is 0. The molecule has 0 bridgehead atoms. The van der Waals surface area contributed by atoms with Gasteiger partial charge in [0, 0.05) is 23.5 Å². The van der Waals surface area contributed by atoms with E-state index in [1.54, 1.807) is 6.07 Å². The second kappa shape index (κ2) is 5.49. The van der Waals surface area contributed by atoms with E-state index in [0.717, 1.165) is 24.1 Å². The van der Waals surface area contributed by atoms with E-state index in [4.69, 9.17) is 0 Å². The third kappa shape index (κ3) is 2.72. The largest absolute Gasteiger partial charge is 0.355 e. The van der Waals surface area contributed by atoms with Crippen LogP contribution in [0.2, 0.25) is 0 Å². The van der Waals surface area contributed by atoms with Crippen molar-refractivity contribution in [3.05, 3.63) is 23.0 Å². The SMILES string of the molecule is CCCNC(=O)Cn1c(C)cc(C=O)c1C. The Morgan fingerprint density at radius 1 is 1.50 bits per heavy atom. The van der Waals surface area contributed by atoms with E-state index in [1.165, 1.54) is 0 Å². The smallest absolute Gasteiger partial charge is 0.239 e. The number of aromatic nitrogens is 1. The Morgan fingerprint density at radius 2 is 2.19 bits per heavy atom. The first kappa shape index (κ1) is 12.5. The van der Waals surface area contributed by atoms with Crippen molar-refractivity contribution in [2.75, 3.05) is 6.54 Å². The van der Waals surface area contributed by atoms with Gasteiger partial charge >= 0.3 is 0 Å². The lowest BCUT2D eigenvalue weighted by Crippen LogP contribution is -2.28. The summed E-state index contributed by atoms with van der Waals surface area (Å²) in [6.45, 7) is 6.73. The lowest BCUT2D eigenvalue weighted by Gasteiger charge is -2.09. The molecule has 0 unspecified atom stereocenters. The zero-order chi connectivity index (χ0) is 12.1. The number of hydrogen-bond donors (Lipinski definition) is 1. The molecule has 0 saturated heterocycles. The summed E-state index contributed by atoms with van der Waals surface area (Å²) < 4.78 is 1.86. The molecule has 1 N–H and O–H groups in total. The van der Waals surface area contributed by atoms with Crippen molar-refractivity contribution in [2.24, 2.45) is 0 Å². The Morgan fingerprint density at radius 3 is 2.69 bits per heavy atom. The molecule has 1 aromatic rings. The van der Waals surface area contributed by atoms with Gasteiger partial charge in [-0.1, -0.05) is 6.92 Å². The quantitative estimate of drug-likeness (QED) is 0.766. The minimum Gasteiger partial charge on any atom is -0.355 e. The van der Waals surface area contributed by atoms with Gasteiger partial charge < -0.3 is 9.88 Å². The monoisotopic (exact) mass is 222 g/mol. The zero-order valence-electron chi connectivity index (χ0n) is 10.0. The van der Waals surface area contributed by atoms with Crippen molar-refractivity contribution in [2.45, 2.75) is 33.7 Å². The van der Waals surface area contributed by atoms with Crippen LogP contribution in [0, 0.1) is 13.8 Å². The van der Waals surface area contributed by atoms with E-state index in [9.17, 15) is 9.59 Å². The van der Waals surface area contributed by atoms with E-state index >= 15 is 0 Å². The summed E-state index contributed by atoms with van der Waals surface area (Å²) in [6, 6.07) is 1.80. The van der Waals surface area contributed by atoms with Crippen molar-refractivity contribution in [1.29, 1.82) is 0 Å². The summed E-state index contributed by atoms with van der Waals surface area (Å²) in [6.07, 6.45) is 1.75. The van der Waals surface area contributed by atoms with E-state index in [0.29, 0.717) is 12.1 Å². The number of nitrogens with zero attached hydrogens (tertiary/aromatic N) is 1. The first-order valence-corrected chi connectivity index (χ1v) is 5.48. The summed E-state index contributed by atoms with van der Waals surface area (Å²) in [4.78, 5) is 22.3. The van der Waals surface area contributed by atoms with Crippen LogP contribution in [0.3, 0.4) is 0 Å². The van der Waals surface area contributed by atoms with Crippen LogP contribution in [0.25, 0.3) is 0 Å². The highest BCUT2D eigenvalue weighted by Crippen LogP contribution is 2.12. The molecule has 1 heterocycles.